The summed E-state index contributed by atoms with van der Waals surface area (Å²) in [6.45, 7) is 4.78. The Hall–Kier alpha value is -2.04. The fourth-order valence-electron chi connectivity index (χ4n) is 3.10. The minimum Gasteiger partial charge on any atom is -0.508 e. The van der Waals surface area contributed by atoms with Crippen molar-refractivity contribution in [2.45, 2.75) is 38.5 Å². The largest absolute Gasteiger partial charge is 0.508 e. The highest BCUT2D eigenvalue weighted by Crippen LogP contribution is 2.23. The molecule has 24 heavy (non-hydrogen) atoms. The van der Waals surface area contributed by atoms with Gasteiger partial charge in [0.25, 0.3) is 0 Å². The molecule has 1 atom stereocenters. The lowest BCUT2D eigenvalue weighted by Gasteiger charge is -2.31. The van der Waals surface area contributed by atoms with E-state index in [1.54, 1.807) is 12.1 Å². The molecule has 4 nitrogen and oxygen atoms in total. The maximum atomic E-state index is 9.61. The van der Waals surface area contributed by atoms with Crippen LogP contribution < -0.4 is 10.2 Å². The second-order valence-electron chi connectivity index (χ2n) is 6.58. The Labute approximate surface area is 143 Å². The summed E-state index contributed by atoms with van der Waals surface area (Å²) in [6, 6.07) is 16.3. The third-order valence-electron chi connectivity index (χ3n) is 4.77. The normalized spacial score (nSPS) is 17.0. The van der Waals surface area contributed by atoms with Gasteiger partial charge in [0.15, 0.2) is 0 Å². The SMILES string of the molecule is CC(NCc1ccc(O)cc1)c1ccc(N2CCC(O)CC2)cc1. The Morgan fingerprint density at radius 3 is 2.29 bits per heavy atom. The van der Waals surface area contributed by atoms with E-state index in [1.165, 1.54) is 11.3 Å². The van der Waals surface area contributed by atoms with Crippen molar-refractivity contribution in [3.63, 3.8) is 0 Å². The lowest BCUT2D eigenvalue weighted by atomic mass is 10.0. The number of phenols is 1. The molecule has 3 N–H and O–H groups in total. The Balaban J connectivity index is 1.55. The molecule has 1 heterocycles. The summed E-state index contributed by atoms with van der Waals surface area (Å²) < 4.78 is 0. The van der Waals surface area contributed by atoms with Crippen LogP contribution in [0.3, 0.4) is 0 Å². The molecule has 1 unspecified atom stereocenters. The summed E-state index contributed by atoms with van der Waals surface area (Å²) in [5.74, 6) is 0.299. The van der Waals surface area contributed by atoms with Crippen molar-refractivity contribution in [2.24, 2.45) is 0 Å². The fourth-order valence-corrected chi connectivity index (χ4v) is 3.10. The van der Waals surface area contributed by atoms with Crippen LogP contribution in [-0.4, -0.2) is 29.4 Å². The molecule has 0 saturated carbocycles. The third kappa shape index (κ3) is 4.28. The van der Waals surface area contributed by atoms with Gasteiger partial charge >= 0.3 is 0 Å². The number of piperidine rings is 1. The first-order valence-electron chi connectivity index (χ1n) is 8.66. The smallest absolute Gasteiger partial charge is 0.115 e. The van der Waals surface area contributed by atoms with Gasteiger partial charge in [-0.05, 0) is 55.2 Å². The summed E-state index contributed by atoms with van der Waals surface area (Å²) in [5, 5.41) is 22.4. The Kier molecular flexibility index (Phi) is 5.38. The van der Waals surface area contributed by atoms with E-state index in [4.69, 9.17) is 0 Å². The first kappa shape index (κ1) is 16.8. The Morgan fingerprint density at radius 1 is 1.04 bits per heavy atom. The van der Waals surface area contributed by atoms with Gasteiger partial charge in [-0.25, -0.2) is 0 Å². The van der Waals surface area contributed by atoms with Gasteiger partial charge in [0.05, 0.1) is 6.10 Å². The molecular formula is C20H26N2O2. The van der Waals surface area contributed by atoms with E-state index in [9.17, 15) is 10.2 Å². The molecule has 0 amide bonds. The number of benzene rings is 2. The van der Waals surface area contributed by atoms with Gasteiger partial charge in [-0.1, -0.05) is 24.3 Å². The van der Waals surface area contributed by atoms with Crippen molar-refractivity contribution in [1.29, 1.82) is 0 Å². The van der Waals surface area contributed by atoms with Gasteiger partial charge < -0.3 is 20.4 Å². The van der Waals surface area contributed by atoms with Crippen molar-refractivity contribution in [1.82, 2.24) is 5.32 Å². The molecule has 0 aromatic heterocycles. The van der Waals surface area contributed by atoms with Crippen molar-refractivity contribution >= 4 is 5.69 Å². The Morgan fingerprint density at radius 2 is 1.67 bits per heavy atom. The number of nitrogens with one attached hydrogen (secondary N) is 1. The third-order valence-corrected chi connectivity index (χ3v) is 4.77. The van der Waals surface area contributed by atoms with E-state index in [-0.39, 0.29) is 12.1 Å². The minimum absolute atomic E-state index is 0.135. The molecule has 4 heteroatoms. The highest BCUT2D eigenvalue weighted by Gasteiger charge is 2.17. The molecule has 3 rings (SSSR count). The zero-order chi connectivity index (χ0) is 16.9. The average molecular weight is 326 g/mol. The van der Waals surface area contributed by atoms with Crippen molar-refractivity contribution in [2.75, 3.05) is 18.0 Å². The first-order chi connectivity index (χ1) is 11.6. The maximum absolute atomic E-state index is 9.61. The second-order valence-corrected chi connectivity index (χ2v) is 6.58. The molecule has 0 aliphatic carbocycles. The van der Waals surface area contributed by atoms with Gasteiger partial charge in [0.1, 0.15) is 5.75 Å². The molecule has 0 bridgehead atoms. The van der Waals surface area contributed by atoms with Gasteiger partial charge in [-0.2, -0.15) is 0 Å². The zero-order valence-electron chi connectivity index (χ0n) is 14.2. The number of anilines is 1. The van der Waals surface area contributed by atoms with E-state index in [1.807, 2.05) is 12.1 Å². The number of hydrogen-bond donors (Lipinski definition) is 3. The van der Waals surface area contributed by atoms with Crippen LogP contribution in [0.15, 0.2) is 48.5 Å². The highest BCUT2D eigenvalue weighted by atomic mass is 16.3. The maximum Gasteiger partial charge on any atom is 0.115 e. The van der Waals surface area contributed by atoms with Crippen LogP contribution in [0, 0.1) is 0 Å². The van der Waals surface area contributed by atoms with Crippen LogP contribution >= 0.6 is 0 Å². The molecule has 0 spiro atoms. The van der Waals surface area contributed by atoms with Crippen molar-refractivity contribution < 1.29 is 10.2 Å². The summed E-state index contributed by atoms with van der Waals surface area (Å²) in [6.07, 6.45) is 1.57. The van der Waals surface area contributed by atoms with Crippen LogP contribution in [0.4, 0.5) is 5.69 Å². The molecule has 0 radical (unpaired) electrons. The first-order valence-corrected chi connectivity index (χ1v) is 8.66. The van der Waals surface area contributed by atoms with Crippen LogP contribution in [0.2, 0.25) is 0 Å². The van der Waals surface area contributed by atoms with E-state index < -0.39 is 0 Å². The van der Waals surface area contributed by atoms with Crippen LogP contribution in [-0.2, 0) is 6.54 Å². The van der Waals surface area contributed by atoms with Crippen LogP contribution in [0.1, 0.15) is 36.9 Å². The minimum atomic E-state index is -0.135. The van der Waals surface area contributed by atoms with Crippen molar-refractivity contribution in [3.05, 3.63) is 59.7 Å². The lowest BCUT2D eigenvalue weighted by molar-refractivity contribution is 0.145. The number of aliphatic hydroxyl groups is 1. The molecule has 2 aromatic carbocycles. The van der Waals surface area contributed by atoms with E-state index in [0.29, 0.717) is 5.75 Å². The topological polar surface area (TPSA) is 55.7 Å². The summed E-state index contributed by atoms with van der Waals surface area (Å²) >= 11 is 0. The summed E-state index contributed by atoms with van der Waals surface area (Å²) in [4.78, 5) is 2.34. The average Bonchev–Trinajstić information content (AvgIpc) is 2.62. The van der Waals surface area contributed by atoms with Gasteiger partial charge in [0.2, 0.25) is 0 Å². The Bertz CT molecular complexity index is 632. The van der Waals surface area contributed by atoms with Crippen LogP contribution in [0.5, 0.6) is 5.75 Å². The summed E-state index contributed by atoms with van der Waals surface area (Å²) in [5.41, 5.74) is 3.65. The predicted molar refractivity (Wildman–Crippen MR) is 97.3 cm³/mol. The number of hydrogen-bond acceptors (Lipinski definition) is 4. The molecule has 2 aromatic rings. The second kappa shape index (κ2) is 7.69. The molecule has 1 aliphatic rings. The van der Waals surface area contributed by atoms with E-state index in [0.717, 1.165) is 38.0 Å². The fraction of sp³-hybridized carbons (Fsp3) is 0.400. The standard InChI is InChI=1S/C20H26N2O2/c1-15(21-14-16-2-8-19(23)9-3-16)17-4-6-18(7-5-17)22-12-10-20(24)11-13-22/h2-9,15,20-21,23-24H,10-14H2,1H3. The van der Waals surface area contributed by atoms with Gasteiger partial charge in [0, 0.05) is 31.4 Å². The van der Waals surface area contributed by atoms with E-state index in [2.05, 4.69) is 41.4 Å². The number of aromatic hydroxyl groups is 1. The highest BCUT2D eigenvalue weighted by molar-refractivity contribution is 5.48. The molecule has 1 aliphatic heterocycles. The monoisotopic (exact) mass is 326 g/mol. The van der Waals surface area contributed by atoms with Crippen molar-refractivity contribution in [3.8, 4) is 5.75 Å². The summed E-state index contributed by atoms with van der Waals surface area (Å²) in [7, 11) is 0. The molecule has 1 saturated heterocycles. The number of aliphatic hydroxyl groups excluding tert-OH is 1. The quantitative estimate of drug-likeness (QED) is 0.790. The number of nitrogens with zero attached hydrogens (tertiary/aromatic N) is 1. The predicted octanol–water partition coefficient (Wildman–Crippen LogP) is 3.20. The lowest BCUT2D eigenvalue weighted by Crippen LogP contribution is -2.35. The number of rotatable bonds is 5. The molecular weight excluding hydrogens is 300 g/mol. The zero-order valence-corrected chi connectivity index (χ0v) is 14.2. The van der Waals surface area contributed by atoms with Gasteiger partial charge in [-0.3, -0.25) is 0 Å². The molecule has 128 valence electrons. The van der Waals surface area contributed by atoms with Gasteiger partial charge in [-0.15, -0.1) is 0 Å². The number of phenolic OH excluding ortho intramolecular Hbond substituents is 1. The van der Waals surface area contributed by atoms with E-state index >= 15 is 0 Å². The molecule has 1 fully saturated rings. The van der Waals surface area contributed by atoms with Crippen LogP contribution in [0.25, 0.3) is 0 Å².